The van der Waals surface area contributed by atoms with E-state index >= 15 is 0 Å². The molecule has 1 aromatic rings. The summed E-state index contributed by atoms with van der Waals surface area (Å²) in [7, 11) is 1.59. The average molecular weight is 281 g/mol. The molecule has 0 radical (unpaired) electrons. The highest BCUT2D eigenvalue weighted by molar-refractivity contribution is 5.75. The minimum Gasteiger partial charge on any atom is -0.388 e. The lowest BCUT2D eigenvalue weighted by molar-refractivity contribution is -0.134. The van der Waals surface area contributed by atoms with Gasteiger partial charge in [0, 0.05) is 25.7 Å². The van der Waals surface area contributed by atoms with Gasteiger partial charge in [-0.1, -0.05) is 12.8 Å². The number of hydrogen-bond donors (Lipinski definition) is 2. The predicted octanol–water partition coefficient (Wildman–Crippen LogP) is -0.700. The van der Waals surface area contributed by atoms with Gasteiger partial charge in [-0.15, -0.1) is 0 Å². The molecule has 2 N–H and O–H groups in total. The minimum absolute atomic E-state index is 0.235. The lowest BCUT2D eigenvalue weighted by atomic mass is 10.0. The van der Waals surface area contributed by atoms with E-state index in [2.05, 4.69) is 5.10 Å². The molecule has 0 spiro atoms. The van der Waals surface area contributed by atoms with Crippen LogP contribution in [0.2, 0.25) is 0 Å². The molecular formula is C13H19N3O4. The van der Waals surface area contributed by atoms with E-state index < -0.39 is 16.7 Å². The molecule has 1 heterocycles. The summed E-state index contributed by atoms with van der Waals surface area (Å²) in [4.78, 5) is 36.1. The zero-order chi connectivity index (χ0) is 14.8. The van der Waals surface area contributed by atoms with E-state index in [0.29, 0.717) is 12.8 Å². The third-order valence-corrected chi connectivity index (χ3v) is 3.67. The summed E-state index contributed by atoms with van der Waals surface area (Å²) < 4.78 is 0.972. The fraction of sp³-hybridized carbons (Fsp3) is 0.615. The molecule has 0 aliphatic heterocycles. The molecule has 1 aliphatic rings. The Balaban J connectivity index is 2.02. The van der Waals surface area contributed by atoms with E-state index in [9.17, 15) is 19.5 Å². The van der Waals surface area contributed by atoms with Crippen molar-refractivity contribution >= 4 is 5.91 Å². The highest BCUT2D eigenvalue weighted by Crippen LogP contribution is 2.29. The number of hydrogen-bond acceptors (Lipinski definition) is 4. The number of aliphatic hydroxyl groups is 1. The van der Waals surface area contributed by atoms with Crippen molar-refractivity contribution in [2.45, 2.75) is 37.8 Å². The van der Waals surface area contributed by atoms with Crippen LogP contribution in [-0.4, -0.2) is 44.9 Å². The molecule has 1 saturated carbocycles. The first-order valence-electron chi connectivity index (χ1n) is 6.66. The number of rotatable bonds is 4. The molecule has 0 saturated heterocycles. The van der Waals surface area contributed by atoms with E-state index in [1.54, 1.807) is 7.05 Å². The Hall–Kier alpha value is -1.89. The second-order valence-electron chi connectivity index (χ2n) is 5.42. The summed E-state index contributed by atoms with van der Waals surface area (Å²) in [5, 5.41) is 12.6. The fourth-order valence-corrected chi connectivity index (χ4v) is 2.56. The van der Waals surface area contributed by atoms with Crippen molar-refractivity contribution in [3.8, 4) is 0 Å². The van der Waals surface area contributed by atoms with E-state index in [4.69, 9.17) is 0 Å². The van der Waals surface area contributed by atoms with Crippen molar-refractivity contribution in [2.24, 2.45) is 0 Å². The Morgan fingerprint density at radius 2 is 2.05 bits per heavy atom. The minimum atomic E-state index is -0.820. The van der Waals surface area contributed by atoms with Gasteiger partial charge in [-0.3, -0.25) is 19.5 Å². The molecule has 7 heteroatoms. The Morgan fingerprint density at radius 3 is 2.70 bits per heavy atom. The summed E-state index contributed by atoms with van der Waals surface area (Å²) in [6, 6.07) is 2.24. The van der Waals surface area contributed by atoms with Crippen molar-refractivity contribution in [3.63, 3.8) is 0 Å². The number of amides is 1. The quantitative estimate of drug-likeness (QED) is 0.763. The maximum atomic E-state index is 12.0. The largest absolute Gasteiger partial charge is 0.388 e. The molecule has 1 aromatic heterocycles. The first-order chi connectivity index (χ1) is 9.39. The Bertz CT molecular complexity index is 598. The predicted molar refractivity (Wildman–Crippen MR) is 72.4 cm³/mol. The number of likely N-dealkylation sites (N-methyl/N-ethyl adjacent to an activating group) is 1. The molecule has 20 heavy (non-hydrogen) atoms. The standard InChI is InChI=1S/C13H19N3O4/c1-15(9-13(20)6-2-3-7-13)12(19)8-16-11(18)5-4-10(17)14-16/h4-5,20H,2-3,6-9H2,1H3,(H,14,17). The van der Waals surface area contributed by atoms with Crippen LogP contribution in [0.1, 0.15) is 25.7 Å². The van der Waals surface area contributed by atoms with Crippen LogP contribution in [0.15, 0.2) is 21.7 Å². The van der Waals surface area contributed by atoms with E-state index in [0.717, 1.165) is 29.7 Å². The van der Waals surface area contributed by atoms with Crippen molar-refractivity contribution in [3.05, 3.63) is 32.8 Å². The highest BCUT2D eigenvalue weighted by Gasteiger charge is 2.33. The van der Waals surface area contributed by atoms with Gasteiger partial charge in [0.05, 0.1) is 5.60 Å². The first-order valence-corrected chi connectivity index (χ1v) is 6.66. The molecule has 1 amide bonds. The molecule has 0 atom stereocenters. The number of H-pyrrole nitrogens is 1. The maximum absolute atomic E-state index is 12.0. The van der Waals surface area contributed by atoms with Gasteiger partial charge in [0.1, 0.15) is 6.54 Å². The van der Waals surface area contributed by atoms with Crippen LogP contribution < -0.4 is 11.1 Å². The Kier molecular flexibility index (Phi) is 4.08. The van der Waals surface area contributed by atoms with Crippen LogP contribution >= 0.6 is 0 Å². The van der Waals surface area contributed by atoms with Crippen LogP contribution in [0, 0.1) is 0 Å². The summed E-state index contributed by atoms with van der Waals surface area (Å²) in [6.45, 7) is 0.0130. The van der Waals surface area contributed by atoms with Crippen LogP contribution in [0.3, 0.4) is 0 Å². The van der Waals surface area contributed by atoms with Crippen LogP contribution in [0.5, 0.6) is 0 Å². The SMILES string of the molecule is CN(CC1(O)CCCC1)C(=O)Cn1[nH]c(=O)ccc1=O. The normalized spacial score (nSPS) is 17.1. The molecule has 1 aliphatic carbocycles. The van der Waals surface area contributed by atoms with Gasteiger partial charge in [0.15, 0.2) is 0 Å². The van der Waals surface area contributed by atoms with Crippen LogP contribution in [0.4, 0.5) is 0 Å². The number of nitrogens with zero attached hydrogens (tertiary/aromatic N) is 2. The Labute approximate surface area is 115 Å². The molecule has 110 valence electrons. The highest BCUT2D eigenvalue weighted by atomic mass is 16.3. The van der Waals surface area contributed by atoms with Crippen LogP contribution in [0.25, 0.3) is 0 Å². The summed E-state index contributed by atoms with van der Waals surface area (Å²) in [6.07, 6.45) is 3.30. The number of carbonyl (C=O) groups is 1. The van der Waals surface area contributed by atoms with Crippen molar-refractivity contribution in [2.75, 3.05) is 13.6 Å². The topological polar surface area (TPSA) is 95.4 Å². The van der Waals surface area contributed by atoms with Gasteiger partial charge >= 0.3 is 0 Å². The molecule has 0 aromatic carbocycles. The lowest BCUT2D eigenvalue weighted by Crippen LogP contribution is -2.44. The van der Waals surface area contributed by atoms with Crippen molar-refractivity contribution in [1.82, 2.24) is 14.7 Å². The summed E-state index contributed by atoms with van der Waals surface area (Å²) >= 11 is 0. The zero-order valence-electron chi connectivity index (χ0n) is 11.5. The lowest BCUT2D eigenvalue weighted by Gasteiger charge is -2.28. The number of carbonyl (C=O) groups excluding carboxylic acids is 1. The molecule has 0 bridgehead atoms. The Morgan fingerprint density at radius 1 is 1.40 bits per heavy atom. The first kappa shape index (κ1) is 14.5. The number of nitrogens with one attached hydrogen (secondary N) is 1. The maximum Gasteiger partial charge on any atom is 0.265 e. The summed E-state index contributed by atoms with van der Waals surface area (Å²) in [5.74, 6) is -0.325. The number of aromatic amines is 1. The second-order valence-corrected chi connectivity index (χ2v) is 5.42. The van der Waals surface area contributed by atoms with E-state index in [-0.39, 0.29) is 19.0 Å². The molecule has 1 fully saturated rings. The third kappa shape index (κ3) is 3.36. The molecule has 0 unspecified atom stereocenters. The van der Waals surface area contributed by atoms with Gasteiger partial charge in [0.2, 0.25) is 5.91 Å². The van der Waals surface area contributed by atoms with Gasteiger partial charge in [0.25, 0.3) is 11.1 Å². The average Bonchev–Trinajstić information content (AvgIpc) is 2.80. The monoisotopic (exact) mass is 281 g/mol. The van der Waals surface area contributed by atoms with E-state index in [1.165, 1.54) is 4.90 Å². The van der Waals surface area contributed by atoms with Gasteiger partial charge in [-0.25, -0.2) is 4.68 Å². The molecule has 7 nitrogen and oxygen atoms in total. The van der Waals surface area contributed by atoms with Gasteiger partial charge in [-0.2, -0.15) is 0 Å². The smallest absolute Gasteiger partial charge is 0.265 e. The van der Waals surface area contributed by atoms with Crippen LogP contribution in [-0.2, 0) is 11.3 Å². The van der Waals surface area contributed by atoms with Gasteiger partial charge in [-0.05, 0) is 12.8 Å². The number of aromatic nitrogens is 2. The summed E-state index contributed by atoms with van der Waals surface area (Å²) in [5.41, 5.74) is -1.69. The van der Waals surface area contributed by atoms with Gasteiger partial charge < -0.3 is 10.0 Å². The fourth-order valence-electron chi connectivity index (χ4n) is 2.56. The van der Waals surface area contributed by atoms with E-state index in [1.807, 2.05) is 0 Å². The zero-order valence-corrected chi connectivity index (χ0v) is 11.5. The second kappa shape index (κ2) is 5.62. The van der Waals surface area contributed by atoms with Crippen molar-refractivity contribution < 1.29 is 9.90 Å². The third-order valence-electron chi connectivity index (χ3n) is 3.67. The van der Waals surface area contributed by atoms with Crippen molar-refractivity contribution in [1.29, 1.82) is 0 Å². The molecule has 2 rings (SSSR count). The molecular weight excluding hydrogens is 262 g/mol.